The molecule has 0 N–H and O–H groups in total. The molecular formula is C7H7OPS2. The summed E-state index contributed by atoms with van der Waals surface area (Å²) >= 11 is 8.39. The van der Waals surface area contributed by atoms with Crippen LogP contribution < -0.4 is 5.30 Å². The van der Waals surface area contributed by atoms with Crippen molar-refractivity contribution in [3.05, 3.63) is 17.7 Å². The van der Waals surface area contributed by atoms with E-state index >= 15 is 0 Å². The van der Waals surface area contributed by atoms with Gasteiger partial charge in [-0.2, -0.15) is 0 Å². The Kier molecular flexibility index (Phi) is 2.99. The van der Waals surface area contributed by atoms with Crippen LogP contribution in [0.4, 0.5) is 0 Å². The Morgan fingerprint density at radius 1 is 1.27 bits per heavy atom. The summed E-state index contributed by atoms with van der Waals surface area (Å²) in [4.78, 5) is 1.50. The van der Waals surface area contributed by atoms with E-state index in [1.165, 1.54) is 0 Å². The Balaban J connectivity index is 3.36. The minimum Gasteiger partial charge on any atom is -0.269 e. The topological polar surface area (TPSA) is 17.1 Å². The van der Waals surface area contributed by atoms with Crippen LogP contribution in [0.5, 0.6) is 0 Å². The molecule has 0 aliphatic carbocycles. The Hall–Kier alpha value is 0.0200. The lowest BCUT2D eigenvalue weighted by atomic mass is 10.2. The van der Waals surface area contributed by atoms with Crippen molar-refractivity contribution in [3.63, 3.8) is 0 Å². The molecule has 0 saturated carbocycles. The van der Waals surface area contributed by atoms with Gasteiger partial charge in [-0.15, -0.1) is 25.3 Å². The average Bonchev–Trinajstić information content (AvgIpc) is 2.01. The first-order valence-electron chi connectivity index (χ1n) is 3.01. The largest absolute Gasteiger partial charge is 0.269 e. The molecule has 0 aliphatic rings. The quantitative estimate of drug-likeness (QED) is 0.528. The monoisotopic (exact) mass is 202 g/mol. The summed E-state index contributed by atoms with van der Waals surface area (Å²) in [7, 11) is -0.00532. The smallest absolute Gasteiger partial charge is 0.193 e. The maximum absolute atomic E-state index is 10.5. The summed E-state index contributed by atoms with van der Waals surface area (Å²) in [6.07, 6.45) is 0. The highest BCUT2D eigenvalue weighted by Gasteiger charge is 2.03. The first kappa shape index (κ1) is 9.11. The van der Waals surface area contributed by atoms with Crippen molar-refractivity contribution in [2.45, 2.75) is 16.7 Å². The van der Waals surface area contributed by atoms with E-state index in [2.05, 4.69) is 25.3 Å². The maximum Gasteiger partial charge on any atom is 0.193 e. The normalized spacial score (nSPS) is 10.5. The van der Waals surface area contributed by atoms with Gasteiger partial charge in [0.25, 0.3) is 0 Å². The summed E-state index contributed by atoms with van der Waals surface area (Å²) in [6, 6.07) is 3.66. The fraction of sp³-hybridized carbons (Fsp3) is 0.143. The molecule has 0 bridgehead atoms. The Labute approximate surface area is 78.2 Å². The third-order valence-electron chi connectivity index (χ3n) is 1.43. The molecule has 58 valence electrons. The fourth-order valence-corrected chi connectivity index (χ4v) is 1.73. The van der Waals surface area contributed by atoms with Crippen molar-refractivity contribution in [1.82, 2.24) is 0 Å². The molecule has 0 aromatic heterocycles. The highest BCUT2D eigenvalue weighted by Crippen LogP contribution is 2.22. The number of aryl methyl sites for hydroxylation is 1. The molecule has 1 aromatic carbocycles. The maximum atomic E-state index is 10.5. The second kappa shape index (κ2) is 3.61. The number of benzene rings is 1. The first-order valence-corrected chi connectivity index (χ1v) is 4.72. The van der Waals surface area contributed by atoms with Gasteiger partial charge in [-0.3, -0.25) is 4.57 Å². The molecule has 11 heavy (non-hydrogen) atoms. The Bertz CT molecular complexity index is 299. The fourth-order valence-electron chi connectivity index (χ4n) is 0.744. The third kappa shape index (κ3) is 1.78. The van der Waals surface area contributed by atoms with Crippen LogP contribution >= 0.6 is 33.7 Å². The van der Waals surface area contributed by atoms with Gasteiger partial charge in [-0.1, -0.05) is 6.07 Å². The van der Waals surface area contributed by atoms with E-state index in [0.29, 0.717) is 10.2 Å². The summed E-state index contributed by atoms with van der Waals surface area (Å²) in [5.41, 5.74) is 1.05. The van der Waals surface area contributed by atoms with Crippen LogP contribution in [0, 0.1) is 6.92 Å². The van der Waals surface area contributed by atoms with E-state index in [4.69, 9.17) is 0 Å². The number of hydrogen-bond donors (Lipinski definition) is 2. The van der Waals surface area contributed by atoms with Crippen LogP contribution in [-0.2, 0) is 4.57 Å². The predicted molar refractivity (Wildman–Crippen MR) is 52.9 cm³/mol. The molecule has 0 radical (unpaired) electrons. The van der Waals surface area contributed by atoms with E-state index in [-0.39, 0.29) is 8.46 Å². The van der Waals surface area contributed by atoms with E-state index in [9.17, 15) is 4.57 Å². The molecule has 0 spiro atoms. The highest BCUT2D eigenvalue weighted by atomic mass is 32.1. The zero-order valence-electron chi connectivity index (χ0n) is 5.90. The minimum absolute atomic E-state index is 0.00532. The molecular weight excluding hydrogens is 195 g/mol. The summed E-state index contributed by atoms with van der Waals surface area (Å²) in [5.74, 6) is 0. The Morgan fingerprint density at radius 3 is 2.45 bits per heavy atom. The van der Waals surface area contributed by atoms with Crippen LogP contribution in [0.3, 0.4) is 0 Å². The zero-order chi connectivity index (χ0) is 8.43. The van der Waals surface area contributed by atoms with Gasteiger partial charge < -0.3 is 0 Å². The van der Waals surface area contributed by atoms with Gasteiger partial charge in [-0.05, 0) is 18.6 Å². The zero-order valence-corrected chi connectivity index (χ0v) is 8.59. The lowest BCUT2D eigenvalue weighted by Crippen LogP contribution is -1.96. The van der Waals surface area contributed by atoms with Crippen molar-refractivity contribution in [1.29, 1.82) is 0 Å². The predicted octanol–water partition coefficient (Wildman–Crippen LogP) is 2.49. The molecule has 1 aromatic rings. The summed E-state index contributed by atoms with van der Waals surface area (Å²) < 4.78 is 10.5. The van der Waals surface area contributed by atoms with Gasteiger partial charge in [0.05, 0.1) is 5.30 Å². The molecule has 1 rings (SSSR count). The number of rotatable bonds is 1. The van der Waals surface area contributed by atoms with E-state index < -0.39 is 0 Å². The second-order valence-corrected chi connectivity index (χ2v) is 3.75. The second-order valence-electron chi connectivity index (χ2n) is 2.19. The van der Waals surface area contributed by atoms with Gasteiger partial charge in [0, 0.05) is 9.79 Å². The molecule has 0 fully saturated rings. The van der Waals surface area contributed by atoms with Crippen molar-refractivity contribution in [2.24, 2.45) is 0 Å². The van der Waals surface area contributed by atoms with Gasteiger partial charge >= 0.3 is 0 Å². The minimum atomic E-state index is -0.00532. The van der Waals surface area contributed by atoms with Crippen molar-refractivity contribution in [2.75, 3.05) is 0 Å². The number of hydrogen-bond acceptors (Lipinski definition) is 3. The molecule has 4 heteroatoms. The lowest BCUT2D eigenvalue weighted by Gasteiger charge is -2.02. The van der Waals surface area contributed by atoms with E-state index in [1.807, 2.05) is 13.0 Å². The molecule has 0 saturated heterocycles. The van der Waals surface area contributed by atoms with Crippen LogP contribution in [0.1, 0.15) is 5.56 Å². The molecule has 0 unspecified atom stereocenters. The Morgan fingerprint density at radius 2 is 1.91 bits per heavy atom. The van der Waals surface area contributed by atoms with Gasteiger partial charge in [0.15, 0.2) is 8.46 Å². The van der Waals surface area contributed by atoms with Crippen LogP contribution in [-0.4, -0.2) is 0 Å². The summed E-state index contributed by atoms with van der Waals surface area (Å²) in [6.45, 7) is 1.94. The molecule has 0 amide bonds. The van der Waals surface area contributed by atoms with Crippen LogP contribution in [0.25, 0.3) is 0 Å². The average molecular weight is 202 g/mol. The van der Waals surface area contributed by atoms with Crippen LogP contribution in [0.15, 0.2) is 21.9 Å². The van der Waals surface area contributed by atoms with Crippen molar-refractivity contribution in [3.8, 4) is 0 Å². The number of thiol groups is 2. The lowest BCUT2D eigenvalue weighted by molar-refractivity contribution is 0.602. The molecule has 0 heterocycles. The van der Waals surface area contributed by atoms with Crippen LogP contribution in [0.2, 0.25) is 0 Å². The van der Waals surface area contributed by atoms with Crippen molar-refractivity contribution < 1.29 is 4.57 Å². The molecule has 0 aliphatic heterocycles. The first-order chi connectivity index (χ1) is 5.16. The van der Waals surface area contributed by atoms with Crippen molar-refractivity contribution >= 4 is 39.0 Å². The van der Waals surface area contributed by atoms with Gasteiger partial charge in [0.1, 0.15) is 0 Å². The highest BCUT2D eigenvalue weighted by molar-refractivity contribution is 7.84. The SMILES string of the molecule is Cc1ccc(P=O)c(S)c1S. The third-order valence-corrected chi connectivity index (χ3v) is 3.39. The van der Waals surface area contributed by atoms with Gasteiger partial charge in [0.2, 0.25) is 0 Å². The van der Waals surface area contributed by atoms with Gasteiger partial charge in [-0.25, -0.2) is 0 Å². The van der Waals surface area contributed by atoms with E-state index in [0.717, 1.165) is 10.5 Å². The molecule has 0 atom stereocenters. The summed E-state index contributed by atoms with van der Waals surface area (Å²) in [5, 5.41) is 0.684. The van der Waals surface area contributed by atoms with E-state index in [1.54, 1.807) is 6.07 Å². The molecule has 1 nitrogen and oxygen atoms in total. The standard InChI is InChI=1S/C7H7OPS2/c1-4-2-3-5(9-8)7(11)6(4)10/h2-3,10-11H,1H3.